The highest BCUT2D eigenvalue weighted by Crippen LogP contribution is 2.07. The van der Waals surface area contributed by atoms with Gasteiger partial charge in [-0.2, -0.15) is 5.10 Å². The van der Waals surface area contributed by atoms with E-state index in [0.29, 0.717) is 12.0 Å². The van der Waals surface area contributed by atoms with Crippen molar-refractivity contribution in [1.29, 1.82) is 0 Å². The van der Waals surface area contributed by atoms with E-state index in [1.165, 1.54) is 0 Å². The Morgan fingerprint density at radius 1 is 1.41 bits per heavy atom. The topological polar surface area (TPSA) is 33.1 Å². The van der Waals surface area contributed by atoms with Gasteiger partial charge in [-0.25, -0.2) is 0 Å². The van der Waals surface area contributed by atoms with E-state index in [0.717, 1.165) is 25.3 Å². The van der Waals surface area contributed by atoms with Crippen molar-refractivity contribution in [3.8, 4) is 0 Å². The van der Waals surface area contributed by atoms with Gasteiger partial charge in [0.15, 0.2) is 0 Å². The zero-order valence-electron chi connectivity index (χ0n) is 11.8. The molecule has 0 saturated carbocycles. The Balaban J connectivity index is 2.41. The van der Waals surface area contributed by atoms with Crippen LogP contribution in [0.25, 0.3) is 0 Å². The molecule has 0 amide bonds. The van der Waals surface area contributed by atoms with Crippen LogP contribution in [0.15, 0.2) is 12.3 Å². The van der Waals surface area contributed by atoms with E-state index >= 15 is 0 Å². The van der Waals surface area contributed by atoms with Gasteiger partial charge in [-0.15, -0.1) is 0 Å². The molecular weight excluding hydrogens is 212 g/mol. The summed E-state index contributed by atoms with van der Waals surface area (Å²) in [5, 5.41) is 7.77. The number of hydrogen-bond donors (Lipinski definition) is 1. The lowest BCUT2D eigenvalue weighted by Gasteiger charge is -2.20. The van der Waals surface area contributed by atoms with Crippen LogP contribution in [0.4, 0.5) is 0 Å². The van der Waals surface area contributed by atoms with Crippen LogP contribution in [0.5, 0.6) is 0 Å². The van der Waals surface area contributed by atoms with E-state index in [-0.39, 0.29) is 0 Å². The second-order valence-electron chi connectivity index (χ2n) is 5.24. The van der Waals surface area contributed by atoms with Crippen molar-refractivity contribution in [2.24, 2.45) is 5.92 Å². The number of nitrogens with zero attached hydrogens (tertiary/aromatic N) is 3. The van der Waals surface area contributed by atoms with Gasteiger partial charge in [0, 0.05) is 25.3 Å². The van der Waals surface area contributed by atoms with Crippen molar-refractivity contribution >= 4 is 0 Å². The van der Waals surface area contributed by atoms with E-state index in [4.69, 9.17) is 0 Å². The first-order valence-electron chi connectivity index (χ1n) is 6.40. The Bertz CT molecular complexity index is 319. The van der Waals surface area contributed by atoms with E-state index in [9.17, 15) is 0 Å². The zero-order valence-corrected chi connectivity index (χ0v) is 11.8. The molecule has 17 heavy (non-hydrogen) atoms. The molecule has 0 aromatic carbocycles. The molecule has 0 aliphatic carbocycles. The molecule has 1 unspecified atom stereocenters. The van der Waals surface area contributed by atoms with Gasteiger partial charge in [0.25, 0.3) is 0 Å². The fourth-order valence-corrected chi connectivity index (χ4v) is 2.04. The molecule has 1 aromatic rings. The summed E-state index contributed by atoms with van der Waals surface area (Å²) >= 11 is 0. The normalized spacial score (nSPS) is 13.6. The predicted molar refractivity (Wildman–Crippen MR) is 72.0 cm³/mol. The first-order valence-corrected chi connectivity index (χ1v) is 6.40. The number of nitrogens with one attached hydrogen (secondary N) is 1. The molecule has 0 spiro atoms. The summed E-state index contributed by atoms with van der Waals surface area (Å²) in [6.07, 6.45) is 2.06. The average Bonchev–Trinajstić information content (AvgIpc) is 2.66. The van der Waals surface area contributed by atoms with E-state index in [2.05, 4.69) is 55.4 Å². The lowest BCUT2D eigenvalue weighted by Crippen LogP contribution is -2.29. The standard InChI is InChI=1S/C13H26N4/c1-11(2)17-7-6-13(15-17)10-16(5)9-12(3)8-14-4/h6-7,11-12,14H,8-10H2,1-5H3. The Hall–Kier alpha value is -0.870. The van der Waals surface area contributed by atoms with Gasteiger partial charge in [-0.1, -0.05) is 6.92 Å². The Morgan fingerprint density at radius 2 is 2.12 bits per heavy atom. The Kier molecular flexibility index (Phi) is 5.65. The van der Waals surface area contributed by atoms with Gasteiger partial charge >= 0.3 is 0 Å². The summed E-state index contributed by atoms with van der Waals surface area (Å²) in [5.74, 6) is 0.664. The minimum Gasteiger partial charge on any atom is -0.319 e. The molecule has 4 heteroatoms. The highest BCUT2D eigenvalue weighted by molar-refractivity contribution is 4.99. The van der Waals surface area contributed by atoms with Crippen molar-refractivity contribution in [2.75, 3.05) is 27.2 Å². The molecule has 0 bridgehead atoms. The van der Waals surface area contributed by atoms with Crippen molar-refractivity contribution < 1.29 is 0 Å². The lowest BCUT2D eigenvalue weighted by molar-refractivity contribution is 0.272. The van der Waals surface area contributed by atoms with Crippen LogP contribution in [0.1, 0.15) is 32.5 Å². The molecule has 1 rings (SSSR count). The molecule has 1 heterocycles. The van der Waals surface area contributed by atoms with Gasteiger partial charge in [0.05, 0.1) is 5.69 Å². The maximum atomic E-state index is 4.56. The van der Waals surface area contributed by atoms with Crippen LogP contribution < -0.4 is 5.32 Å². The number of rotatable bonds is 7. The fraction of sp³-hybridized carbons (Fsp3) is 0.769. The van der Waals surface area contributed by atoms with Crippen molar-refractivity contribution in [3.05, 3.63) is 18.0 Å². The van der Waals surface area contributed by atoms with Gasteiger partial charge in [-0.3, -0.25) is 4.68 Å². The van der Waals surface area contributed by atoms with E-state index < -0.39 is 0 Å². The third kappa shape index (κ3) is 4.88. The fourth-order valence-electron chi connectivity index (χ4n) is 2.04. The molecule has 1 aromatic heterocycles. The molecule has 4 nitrogen and oxygen atoms in total. The van der Waals surface area contributed by atoms with Crippen LogP contribution in [-0.4, -0.2) is 41.9 Å². The van der Waals surface area contributed by atoms with E-state index in [1.54, 1.807) is 0 Å². The van der Waals surface area contributed by atoms with E-state index in [1.807, 2.05) is 11.7 Å². The smallest absolute Gasteiger partial charge is 0.0764 e. The summed E-state index contributed by atoms with van der Waals surface area (Å²) in [6, 6.07) is 2.55. The van der Waals surface area contributed by atoms with Crippen LogP contribution in [0.2, 0.25) is 0 Å². The summed E-state index contributed by atoms with van der Waals surface area (Å²) in [6.45, 7) is 9.64. The summed E-state index contributed by atoms with van der Waals surface area (Å²) in [5.41, 5.74) is 1.15. The Labute approximate surface area is 105 Å². The van der Waals surface area contributed by atoms with Gasteiger partial charge in [-0.05, 0) is 46.5 Å². The van der Waals surface area contributed by atoms with Crippen LogP contribution >= 0.6 is 0 Å². The molecule has 98 valence electrons. The number of aromatic nitrogens is 2. The quantitative estimate of drug-likeness (QED) is 0.785. The highest BCUT2D eigenvalue weighted by atomic mass is 15.3. The van der Waals surface area contributed by atoms with Gasteiger partial charge in [0.1, 0.15) is 0 Å². The minimum atomic E-state index is 0.442. The lowest BCUT2D eigenvalue weighted by atomic mass is 10.1. The monoisotopic (exact) mass is 238 g/mol. The molecule has 1 N–H and O–H groups in total. The molecule has 0 fully saturated rings. The summed E-state index contributed by atoms with van der Waals surface area (Å²) in [7, 11) is 4.15. The molecule has 0 saturated heterocycles. The van der Waals surface area contributed by atoms with Crippen LogP contribution in [-0.2, 0) is 6.54 Å². The Morgan fingerprint density at radius 3 is 2.65 bits per heavy atom. The third-order valence-electron chi connectivity index (χ3n) is 2.80. The molecule has 1 atom stereocenters. The molecule has 0 radical (unpaired) electrons. The highest BCUT2D eigenvalue weighted by Gasteiger charge is 2.08. The van der Waals surface area contributed by atoms with Gasteiger partial charge < -0.3 is 10.2 Å². The minimum absolute atomic E-state index is 0.442. The maximum absolute atomic E-state index is 4.56. The second kappa shape index (κ2) is 6.77. The largest absolute Gasteiger partial charge is 0.319 e. The van der Waals surface area contributed by atoms with Crippen LogP contribution in [0.3, 0.4) is 0 Å². The third-order valence-corrected chi connectivity index (χ3v) is 2.80. The first kappa shape index (κ1) is 14.2. The zero-order chi connectivity index (χ0) is 12.8. The summed E-state index contributed by atoms with van der Waals surface area (Å²) in [4.78, 5) is 2.33. The average molecular weight is 238 g/mol. The van der Waals surface area contributed by atoms with Crippen molar-refractivity contribution in [3.63, 3.8) is 0 Å². The van der Waals surface area contributed by atoms with Crippen molar-refractivity contribution in [1.82, 2.24) is 20.0 Å². The second-order valence-corrected chi connectivity index (χ2v) is 5.24. The maximum Gasteiger partial charge on any atom is 0.0764 e. The molecule has 0 aliphatic heterocycles. The number of hydrogen-bond acceptors (Lipinski definition) is 3. The van der Waals surface area contributed by atoms with Crippen LogP contribution in [0, 0.1) is 5.92 Å². The first-order chi connectivity index (χ1) is 8.02. The van der Waals surface area contributed by atoms with Crippen molar-refractivity contribution in [2.45, 2.75) is 33.4 Å². The molecular formula is C13H26N4. The summed E-state index contributed by atoms with van der Waals surface area (Å²) < 4.78 is 2.01. The van der Waals surface area contributed by atoms with Gasteiger partial charge in [0.2, 0.25) is 0 Å². The SMILES string of the molecule is CNCC(C)CN(C)Cc1ccn(C(C)C)n1. The molecule has 0 aliphatic rings. The predicted octanol–water partition coefficient (Wildman–Crippen LogP) is 1.75.